The number of ether oxygens (including phenoxy) is 1. The lowest BCUT2D eigenvalue weighted by molar-refractivity contribution is -0.170. The van der Waals surface area contributed by atoms with Crippen LogP contribution in [0.2, 0.25) is 0 Å². The van der Waals surface area contributed by atoms with Gasteiger partial charge in [0.1, 0.15) is 6.10 Å². The Labute approximate surface area is 101 Å². The maximum Gasteiger partial charge on any atom is 0.396 e. The molecule has 5 heteroatoms. The van der Waals surface area contributed by atoms with E-state index >= 15 is 0 Å². The van der Waals surface area contributed by atoms with Gasteiger partial charge in [-0.15, -0.1) is 0 Å². The van der Waals surface area contributed by atoms with Gasteiger partial charge in [0.25, 0.3) is 0 Å². The van der Waals surface area contributed by atoms with Gasteiger partial charge in [-0.2, -0.15) is 8.78 Å². The molecule has 16 heavy (non-hydrogen) atoms. The van der Waals surface area contributed by atoms with Crippen molar-refractivity contribution in [1.29, 1.82) is 0 Å². The first-order valence-corrected chi connectivity index (χ1v) is 6.52. The van der Waals surface area contributed by atoms with Gasteiger partial charge < -0.3 is 4.74 Å². The van der Waals surface area contributed by atoms with Crippen LogP contribution in [0.25, 0.3) is 0 Å². The predicted octanol–water partition coefficient (Wildman–Crippen LogP) is 2.95. The number of esters is 1. The van der Waals surface area contributed by atoms with E-state index in [9.17, 15) is 13.6 Å². The molecule has 0 amide bonds. The minimum absolute atomic E-state index is 0.250. The smallest absolute Gasteiger partial charge is 0.396 e. The molecule has 0 aliphatic heterocycles. The molecule has 4 bridgehead atoms. The summed E-state index contributed by atoms with van der Waals surface area (Å²) >= 11 is 2.05. The van der Waals surface area contributed by atoms with E-state index in [0.717, 1.165) is 25.2 Å². The molecule has 0 aromatic rings. The minimum Gasteiger partial charge on any atom is -0.457 e. The second-order valence-corrected chi connectivity index (χ2v) is 6.36. The summed E-state index contributed by atoms with van der Waals surface area (Å²) in [6, 6.07) is 0. The van der Waals surface area contributed by atoms with Gasteiger partial charge in [-0.3, -0.25) is 0 Å². The molecule has 4 fully saturated rings. The molecule has 0 aromatic carbocycles. The molecular formula is C11H13BrF2O2. The molecule has 4 aliphatic carbocycles. The summed E-state index contributed by atoms with van der Waals surface area (Å²) in [5.74, 6) is 0.635. The van der Waals surface area contributed by atoms with Crippen LogP contribution in [0.1, 0.15) is 25.7 Å². The third-order valence-electron chi connectivity index (χ3n) is 4.45. The van der Waals surface area contributed by atoms with Gasteiger partial charge in [-0.1, -0.05) is 0 Å². The molecule has 4 saturated carbocycles. The van der Waals surface area contributed by atoms with E-state index in [2.05, 4.69) is 0 Å². The number of carbonyl (C=O) groups excluding carboxylic acids is 1. The largest absolute Gasteiger partial charge is 0.457 e. The minimum atomic E-state index is -3.53. The Morgan fingerprint density at radius 1 is 1.19 bits per heavy atom. The first-order valence-electron chi connectivity index (χ1n) is 5.73. The highest BCUT2D eigenvalue weighted by atomic mass is 79.9. The lowest BCUT2D eigenvalue weighted by atomic mass is 9.80. The SMILES string of the molecule is O=C(OC1C2CC3CC(C2)C1C3)C(F)(F)Br. The zero-order valence-electron chi connectivity index (χ0n) is 8.67. The molecule has 4 aliphatic rings. The van der Waals surface area contributed by atoms with Crippen molar-refractivity contribution in [2.24, 2.45) is 23.7 Å². The Balaban J connectivity index is 1.71. The number of hydrogen-bond acceptors (Lipinski definition) is 2. The van der Waals surface area contributed by atoms with E-state index in [1.54, 1.807) is 0 Å². The van der Waals surface area contributed by atoms with Crippen LogP contribution in [0.3, 0.4) is 0 Å². The summed E-state index contributed by atoms with van der Waals surface area (Å²) in [6.07, 6.45) is 4.14. The molecule has 0 N–H and O–H groups in total. The Bertz CT molecular complexity index is 324. The van der Waals surface area contributed by atoms with E-state index in [1.807, 2.05) is 15.9 Å². The fraction of sp³-hybridized carbons (Fsp3) is 0.909. The molecular weight excluding hydrogens is 282 g/mol. The molecule has 0 heterocycles. The molecule has 0 radical (unpaired) electrons. The van der Waals surface area contributed by atoms with Crippen molar-refractivity contribution in [3.63, 3.8) is 0 Å². The topological polar surface area (TPSA) is 26.3 Å². The van der Waals surface area contributed by atoms with Crippen molar-refractivity contribution in [2.75, 3.05) is 0 Å². The zero-order valence-corrected chi connectivity index (χ0v) is 10.3. The van der Waals surface area contributed by atoms with Gasteiger partial charge in [0.15, 0.2) is 0 Å². The van der Waals surface area contributed by atoms with Crippen molar-refractivity contribution >= 4 is 21.9 Å². The predicted molar refractivity (Wildman–Crippen MR) is 56.2 cm³/mol. The summed E-state index contributed by atoms with van der Waals surface area (Å²) in [5, 5.41) is 0. The van der Waals surface area contributed by atoms with E-state index < -0.39 is 10.8 Å². The van der Waals surface area contributed by atoms with Crippen LogP contribution in [0.5, 0.6) is 0 Å². The molecule has 4 rings (SSSR count). The van der Waals surface area contributed by atoms with Crippen molar-refractivity contribution < 1.29 is 18.3 Å². The van der Waals surface area contributed by atoms with E-state index in [1.165, 1.54) is 6.42 Å². The van der Waals surface area contributed by atoms with Crippen LogP contribution in [0.4, 0.5) is 8.78 Å². The van der Waals surface area contributed by atoms with Crippen molar-refractivity contribution in [2.45, 2.75) is 36.6 Å². The van der Waals surface area contributed by atoms with Gasteiger partial charge in [0, 0.05) is 15.9 Å². The Kier molecular flexibility index (Phi) is 2.33. The van der Waals surface area contributed by atoms with Crippen LogP contribution in [-0.2, 0) is 9.53 Å². The Morgan fingerprint density at radius 3 is 2.50 bits per heavy atom. The van der Waals surface area contributed by atoms with Crippen LogP contribution < -0.4 is 0 Å². The fourth-order valence-electron chi connectivity index (χ4n) is 4.05. The number of halogens is 3. The maximum absolute atomic E-state index is 12.7. The second-order valence-electron chi connectivity index (χ2n) is 5.36. The molecule has 90 valence electrons. The third kappa shape index (κ3) is 1.59. The summed E-state index contributed by atoms with van der Waals surface area (Å²) in [7, 11) is 0. The molecule has 5 atom stereocenters. The van der Waals surface area contributed by atoms with E-state index in [4.69, 9.17) is 4.74 Å². The third-order valence-corrected chi connectivity index (χ3v) is 4.77. The summed E-state index contributed by atoms with van der Waals surface area (Å²) in [5.41, 5.74) is 0. The van der Waals surface area contributed by atoms with Gasteiger partial charge in [0.2, 0.25) is 0 Å². The Morgan fingerprint density at radius 2 is 1.88 bits per heavy atom. The highest BCUT2D eigenvalue weighted by molar-refractivity contribution is 9.10. The first-order chi connectivity index (χ1) is 7.45. The van der Waals surface area contributed by atoms with Crippen molar-refractivity contribution in [1.82, 2.24) is 0 Å². The van der Waals surface area contributed by atoms with Crippen LogP contribution in [0.15, 0.2) is 0 Å². The van der Waals surface area contributed by atoms with Gasteiger partial charge in [-0.05, 0) is 49.4 Å². The average molecular weight is 295 g/mol. The van der Waals surface area contributed by atoms with Crippen molar-refractivity contribution in [3.05, 3.63) is 0 Å². The zero-order chi connectivity index (χ0) is 11.5. The fourth-order valence-corrected chi connectivity index (χ4v) is 4.14. The van der Waals surface area contributed by atoms with Crippen LogP contribution in [-0.4, -0.2) is 16.9 Å². The molecule has 0 spiro atoms. The summed E-state index contributed by atoms with van der Waals surface area (Å²) in [4.78, 5) is 7.62. The lowest BCUT2D eigenvalue weighted by Crippen LogP contribution is -2.36. The normalized spacial score (nSPS) is 45.1. The quantitative estimate of drug-likeness (QED) is 0.578. The summed E-state index contributed by atoms with van der Waals surface area (Å²) in [6.45, 7) is 0. The van der Waals surface area contributed by atoms with Gasteiger partial charge >= 0.3 is 10.8 Å². The molecule has 2 nitrogen and oxygen atoms in total. The monoisotopic (exact) mass is 294 g/mol. The number of rotatable bonds is 2. The Hall–Kier alpha value is -0.190. The van der Waals surface area contributed by atoms with Crippen LogP contribution in [0, 0.1) is 23.7 Å². The molecule has 5 unspecified atom stereocenters. The van der Waals surface area contributed by atoms with Crippen LogP contribution >= 0.6 is 15.9 Å². The number of carbonyl (C=O) groups is 1. The number of hydrogen-bond donors (Lipinski definition) is 0. The van der Waals surface area contributed by atoms with Crippen molar-refractivity contribution in [3.8, 4) is 0 Å². The maximum atomic E-state index is 12.7. The standard InChI is InChI=1S/C11H13BrF2O2/c12-11(13,14)10(15)16-9-7-2-5-1-6(4-7)8(9)3-5/h5-9H,1-4H2. The highest BCUT2D eigenvalue weighted by Crippen LogP contribution is 2.59. The molecule has 0 aromatic heterocycles. The summed E-state index contributed by atoms with van der Waals surface area (Å²) < 4.78 is 30.4. The van der Waals surface area contributed by atoms with Gasteiger partial charge in [-0.25, -0.2) is 4.79 Å². The van der Waals surface area contributed by atoms with E-state index in [-0.39, 0.29) is 6.10 Å². The average Bonchev–Trinajstić information content (AvgIpc) is 2.57. The van der Waals surface area contributed by atoms with E-state index in [0.29, 0.717) is 17.8 Å². The second kappa shape index (κ2) is 3.40. The van der Waals surface area contributed by atoms with Gasteiger partial charge in [0.05, 0.1) is 0 Å². The highest BCUT2D eigenvalue weighted by Gasteiger charge is 2.56. The lowest BCUT2D eigenvalue weighted by Gasteiger charge is -2.32. The molecule has 0 saturated heterocycles. The first kappa shape index (κ1) is 10.9. The number of alkyl halides is 3.